The molecule has 0 amide bonds. The van der Waals surface area contributed by atoms with Crippen LogP contribution in [0.15, 0.2) is 0 Å². The number of hydrogen-bond donors (Lipinski definition) is 1. The van der Waals surface area contributed by atoms with Crippen molar-refractivity contribution >= 4 is 30.0 Å². The van der Waals surface area contributed by atoms with Gasteiger partial charge in [0, 0.05) is 12.3 Å². The maximum atomic E-state index is 12.8. The summed E-state index contributed by atoms with van der Waals surface area (Å²) in [7, 11) is 1.23. The zero-order valence-electron chi connectivity index (χ0n) is 15.2. The smallest absolute Gasteiger partial charge is 0.327 e. The number of nitrogens with one attached hydrogen (secondary N) is 1. The Morgan fingerprint density at radius 3 is 2.48 bits per heavy atom. The summed E-state index contributed by atoms with van der Waals surface area (Å²) in [5.41, 5.74) is 0. The Bertz CT molecular complexity index is 525. The van der Waals surface area contributed by atoms with Crippen molar-refractivity contribution in [3.63, 3.8) is 0 Å². The van der Waals surface area contributed by atoms with Gasteiger partial charge in [-0.15, -0.1) is 0 Å². The van der Waals surface area contributed by atoms with E-state index in [0.717, 1.165) is 11.4 Å². The highest BCUT2D eigenvalue weighted by Crippen LogP contribution is 2.56. The van der Waals surface area contributed by atoms with E-state index in [4.69, 9.17) is 14.5 Å². The minimum absolute atomic E-state index is 0.180. The molecule has 0 saturated heterocycles. The lowest BCUT2D eigenvalue weighted by Crippen LogP contribution is -2.35. The molecule has 0 aliphatic rings. The molecule has 0 aromatic heterocycles. The van der Waals surface area contributed by atoms with Crippen LogP contribution in [0.25, 0.3) is 0 Å². The molecule has 0 aromatic carbocycles. The monoisotopic (exact) mass is 395 g/mol. The molecule has 2 atom stereocenters. The Hall–Kier alpha value is -1.27. The Balaban J connectivity index is 4.66. The second kappa shape index (κ2) is 12.1. The SMILES string of the molecule is CCO[P@](=O)(N[C@@H](C)C(=O)OC(C)C)SCCN(C#N)CC(=O)OC. The number of nitrogens with zero attached hydrogens (tertiary/aromatic N) is 2. The summed E-state index contributed by atoms with van der Waals surface area (Å²) in [6, 6.07) is -0.811. The predicted octanol–water partition coefficient (Wildman–Crippen LogP) is 1.75. The van der Waals surface area contributed by atoms with Crippen molar-refractivity contribution in [1.82, 2.24) is 9.99 Å². The van der Waals surface area contributed by atoms with E-state index in [-0.39, 0.29) is 31.6 Å². The van der Waals surface area contributed by atoms with Gasteiger partial charge in [0.05, 0.1) is 19.8 Å². The molecular weight excluding hydrogens is 369 g/mol. The lowest BCUT2D eigenvalue weighted by Gasteiger charge is -2.23. The molecule has 0 aliphatic heterocycles. The Labute approximate surface area is 152 Å². The molecule has 0 unspecified atom stereocenters. The van der Waals surface area contributed by atoms with Crippen LogP contribution < -0.4 is 5.09 Å². The molecule has 1 N–H and O–H groups in total. The first-order valence-electron chi connectivity index (χ1n) is 7.76. The van der Waals surface area contributed by atoms with E-state index in [1.807, 2.05) is 6.19 Å². The molecule has 0 saturated carbocycles. The standard InChI is InChI=1S/C14H26N3O6PS/c1-6-22-24(20,16-12(4)14(19)23-11(2)3)25-8-7-17(10-15)9-13(18)21-5/h11-12H,6-9H2,1-5H3,(H,16,20)/t12-,24+/m0/s1. The number of carbonyl (C=O) groups is 2. The summed E-state index contributed by atoms with van der Waals surface area (Å²) in [5.74, 6) is -0.816. The fourth-order valence-electron chi connectivity index (χ4n) is 1.56. The summed E-state index contributed by atoms with van der Waals surface area (Å²) in [6.07, 6.45) is 1.58. The fourth-order valence-corrected chi connectivity index (χ4v) is 5.45. The molecule has 0 fully saturated rings. The van der Waals surface area contributed by atoms with Gasteiger partial charge in [0.25, 0.3) is 0 Å². The van der Waals surface area contributed by atoms with Gasteiger partial charge >= 0.3 is 18.7 Å². The van der Waals surface area contributed by atoms with Crippen LogP contribution in [0.2, 0.25) is 0 Å². The molecule has 144 valence electrons. The van der Waals surface area contributed by atoms with Crippen molar-refractivity contribution in [3.8, 4) is 6.19 Å². The second-order valence-electron chi connectivity index (χ2n) is 5.18. The number of hydrogen-bond acceptors (Lipinski definition) is 9. The van der Waals surface area contributed by atoms with Crippen molar-refractivity contribution in [2.75, 3.05) is 32.6 Å². The van der Waals surface area contributed by atoms with Crippen LogP contribution in [0.5, 0.6) is 0 Å². The first-order chi connectivity index (χ1) is 11.7. The highest BCUT2D eigenvalue weighted by atomic mass is 32.7. The van der Waals surface area contributed by atoms with Crippen LogP contribution in [-0.4, -0.2) is 61.5 Å². The van der Waals surface area contributed by atoms with Gasteiger partial charge in [-0.25, -0.2) is 5.09 Å². The van der Waals surface area contributed by atoms with Gasteiger partial charge in [0.1, 0.15) is 12.6 Å². The molecule has 0 bridgehead atoms. The molecule has 0 rings (SSSR count). The topological polar surface area (TPSA) is 118 Å². The third-order valence-corrected chi connectivity index (χ3v) is 6.87. The lowest BCUT2D eigenvalue weighted by atomic mass is 10.4. The van der Waals surface area contributed by atoms with Crippen molar-refractivity contribution in [2.24, 2.45) is 0 Å². The van der Waals surface area contributed by atoms with E-state index in [0.29, 0.717) is 0 Å². The third-order valence-electron chi connectivity index (χ3n) is 2.67. The highest BCUT2D eigenvalue weighted by Gasteiger charge is 2.30. The fraction of sp³-hybridized carbons (Fsp3) is 0.786. The molecule has 11 heteroatoms. The van der Waals surface area contributed by atoms with Crippen molar-refractivity contribution in [2.45, 2.75) is 39.8 Å². The summed E-state index contributed by atoms with van der Waals surface area (Å²) in [5, 5.41) is 11.7. The molecule has 0 radical (unpaired) electrons. The number of methoxy groups -OCH3 is 1. The molecule has 0 spiro atoms. The maximum absolute atomic E-state index is 12.8. The highest BCUT2D eigenvalue weighted by molar-refractivity contribution is 8.56. The Kier molecular flexibility index (Phi) is 11.5. The predicted molar refractivity (Wildman–Crippen MR) is 94.7 cm³/mol. The lowest BCUT2D eigenvalue weighted by molar-refractivity contribution is -0.149. The summed E-state index contributed by atoms with van der Waals surface area (Å²) in [4.78, 5) is 24.2. The second-order valence-corrected chi connectivity index (χ2v) is 9.58. The number of rotatable bonds is 12. The van der Waals surface area contributed by atoms with Crippen molar-refractivity contribution in [1.29, 1.82) is 5.26 Å². The zero-order chi connectivity index (χ0) is 19.5. The van der Waals surface area contributed by atoms with Crippen LogP contribution in [0.3, 0.4) is 0 Å². The van der Waals surface area contributed by atoms with Crippen LogP contribution in [0.4, 0.5) is 0 Å². The van der Waals surface area contributed by atoms with E-state index in [9.17, 15) is 14.2 Å². The number of ether oxygens (including phenoxy) is 2. The Morgan fingerprint density at radius 1 is 1.36 bits per heavy atom. The summed E-state index contributed by atoms with van der Waals surface area (Å²) >= 11 is 0.961. The first kappa shape index (κ1) is 23.7. The van der Waals surface area contributed by atoms with Crippen LogP contribution in [0.1, 0.15) is 27.7 Å². The maximum Gasteiger partial charge on any atom is 0.327 e. The average molecular weight is 395 g/mol. The minimum atomic E-state index is -3.37. The van der Waals surface area contributed by atoms with Gasteiger partial charge in [0.2, 0.25) is 0 Å². The van der Waals surface area contributed by atoms with E-state index >= 15 is 0 Å². The van der Waals surface area contributed by atoms with E-state index in [1.54, 1.807) is 20.8 Å². The van der Waals surface area contributed by atoms with Gasteiger partial charge in [-0.2, -0.15) is 5.26 Å². The number of esters is 2. The number of carbonyl (C=O) groups excluding carboxylic acids is 2. The normalized spacial score (nSPS) is 14.3. The molecule has 0 aromatic rings. The van der Waals surface area contributed by atoms with Gasteiger partial charge < -0.3 is 14.0 Å². The Morgan fingerprint density at radius 2 is 2.00 bits per heavy atom. The third kappa shape index (κ3) is 10.3. The molecule has 9 nitrogen and oxygen atoms in total. The van der Waals surface area contributed by atoms with E-state index in [2.05, 4.69) is 9.82 Å². The zero-order valence-corrected chi connectivity index (χ0v) is 16.9. The minimum Gasteiger partial charge on any atom is -0.468 e. The van der Waals surface area contributed by atoms with Gasteiger partial charge in [-0.1, -0.05) is 11.4 Å². The van der Waals surface area contributed by atoms with Crippen molar-refractivity contribution in [3.05, 3.63) is 0 Å². The van der Waals surface area contributed by atoms with Gasteiger partial charge in [-0.3, -0.25) is 19.1 Å². The molecule has 25 heavy (non-hydrogen) atoms. The van der Waals surface area contributed by atoms with Gasteiger partial charge in [-0.05, 0) is 27.7 Å². The molecular formula is C14H26N3O6PS. The summed E-state index contributed by atoms with van der Waals surface area (Å²) in [6.45, 7) is 3.48. The van der Waals surface area contributed by atoms with Crippen LogP contribution in [0, 0.1) is 11.5 Å². The quantitative estimate of drug-likeness (QED) is 0.227. The van der Waals surface area contributed by atoms with Crippen LogP contribution in [-0.2, 0) is 28.2 Å². The van der Waals surface area contributed by atoms with E-state index < -0.39 is 24.7 Å². The largest absolute Gasteiger partial charge is 0.468 e. The summed E-state index contributed by atoms with van der Waals surface area (Å²) < 4.78 is 27.6. The first-order valence-corrected chi connectivity index (χ1v) is 11.0. The molecule has 0 heterocycles. The average Bonchev–Trinajstić information content (AvgIpc) is 2.52. The molecule has 0 aliphatic carbocycles. The van der Waals surface area contributed by atoms with Crippen molar-refractivity contribution < 1.29 is 28.2 Å². The van der Waals surface area contributed by atoms with Gasteiger partial charge in [0.15, 0.2) is 6.19 Å². The number of nitriles is 1. The van der Waals surface area contributed by atoms with E-state index in [1.165, 1.54) is 18.9 Å². The van der Waals surface area contributed by atoms with Crippen LogP contribution >= 0.6 is 18.1 Å².